The summed E-state index contributed by atoms with van der Waals surface area (Å²) in [5.41, 5.74) is 1.51. The van der Waals surface area contributed by atoms with Gasteiger partial charge in [-0.15, -0.1) is 5.92 Å². The highest BCUT2D eigenvalue weighted by atomic mass is 32.1. The molecule has 52 valence electrons. The van der Waals surface area contributed by atoms with Crippen LogP contribution < -0.4 is 4.87 Å². The first-order valence-electron chi connectivity index (χ1n) is 2.75. The summed E-state index contributed by atoms with van der Waals surface area (Å²) in [4.78, 5) is 10.7. The Balaban J connectivity index is 2.82. The summed E-state index contributed by atoms with van der Waals surface area (Å²) in [5.74, 6) is 5.44. The average molecular weight is 154 g/mol. The van der Waals surface area contributed by atoms with Gasteiger partial charge in [-0.2, -0.15) is 5.10 Å². The summed E-state index contributed by atoms with van der Waals surface area (Å²) >= 11 is 1.08. The van der Waals surface area contributed by atoms with Crippen LogP contribution in [-0.2, 0) is 6.54 Å². The first-order valence-corrected chi connectivity index (χ1v) is 3.63. The fourth-order valence-electron chi connectivity index (χ4n) is 0.493. The minimum atomic E-state index is -0.0530. The molecule has 3 nitrogen and oxygen atoms in total. The van der Waals surface area contributed by atoms with Gasteiger partial charge in [0.1, 0.15) is 12.1 Å². The van der Waals surface area contributed by atoms with Crippen molar-refractivity contribution in [1.82, 2.24) is 9.78 Å². The average Bonchev–Trinajstić information content (AvgIpc) is 2.31. The second-order valence-corrected chi connectivity index (χ2v) is 2.38. The molecule has 0 aliphatic heterocycles. The van der Waals surface area contributed by atoms with Crippen molar-refractivity contribution in [1.29, 1.82) is 0 Å². The molecule has 1 aromatic rings. The maximum atomic E-state index is 10.8. The molecule has 0 atom stereocenters. The van der Waals surface area contributed by atoms with Crippen LogP contribution in [0.25, 0.3) is 0 Å². The highest BCUT2D eigenvalue weighted by molar-refractivity contribution is 7.06. The van der Waals surface area contributed by atoms with Crippen LogP contribution in [0, 0.1) is 11.8 Å². The van der Waals surface area contributed by atoms with Gasteiger partial charge in [-0.1, -0.05) is 17.3 Å². The van der Waals surface area contributed by atoms with Gasteiger partial charge in [-0.25, -0.2) is 4.68 Å². The van der Waals surface area contributed by atoms with E-state index in [9.17, 15) is 4.79 Å². The van der Waals surface area contributed by atoms with Crippen molar-refractivity contribution in [3.05, 3.63) is 15.2 Å². The normalized spacial score (nSPS) is 8.50. The Hall–Kier alpha value is -1.08. The molecule has 1 rings (SSSR count). The van der Waals surface area contributed by atoms with Gasteiger partial charge in [0.05, 0.1) is 0 Å². The first-order chi connectivity index (χ1) is 4.84. The van der Waals surface area contributed by atoms with Crippen LogP contribution >= 0.6 is 11.3 Å². The molecule has 0 saturated heterocycles. The zero-order valence-corrected chi connectivity index (χ0v) is 6.31. The maximum Gasteiger partial charge on any atom is 0.325 e. The number of hydrogen-bond donors (Lipinski definition) is 0. The zero-order chi connectivity index (χ0) is 7.40. The zero-order valence-electron chi connectivity index (χ0n) is 5.50. The molecule has 1 heterocycles. The number of hydrogen-bond acceptors (Lipinski definition) is 3. The van der Waals surface area contributed by atoms with Gasteiger partial charge in [0.15, 0.2) is 0 Å². The van der Waals surface area contributed by atoms with E-state index in [0.717, 1.165) is 11.3 Å². The van der Waals surface area contributed by atoms with E-state index in [-0.39, 0.29) is 4.87 Å². The molecular weight excluding hydrogens is 148 g/mol. The molecule has 0 aromatic carbocycles. The van der Waals surface area contributed by atoms with Gasteiger partial charge < -0.3 is 0 Å². The topological polar surface area (TPSA) is 34.9 Å². The largest absolute Gasteiger partial charge is 0.325 e. The third-order valence-corrected chi connectivity index (χ3v) is 1.57. The van der Waals surface area contributed by atoms with Crippen LogP contribution in [-0.4, -0.2) is 9.78 Å². The lowest BCUT2D eigenvalue weighted by Gasteiger charge is -1.85. The lowest BCUT2D eigenvalue weighted by Crippen LogP contribution is -2.13. The predicted octanol–water partition coefficient (Wildman–Crippen LogP) is 0.328. The van der Waals surface area contributed by atoms with Crippen LogP contribution in [0.2, 0.25) is 0 Å². The van der Waals surface area contributed by atoms with Crippen LogP contribution in [0.1, 0.15) is 6.92 Å². The fourth-order valence-corrected chi connectivity index (χ4v) is 0.977. The molecular formula is C6H6N2OS. The van der Waals surface area contributed by atoms with Gasteiger partial charge >= 0.3 is 4.87 Å². The molecule has 0 bridgehead atoms. The highest BCUT2D eigenvalue weighted by Gasteiger charge is 1.92. The summed E-state index contributed by atoms with van der Waals surface area (Å²) in [5, 5.41) is 3.77. The maximum absolute atomic E-state index is 10.8. The van der Waals surface area contributed by atoms with Crippen molar-refractivity contribution in [2.24, 2.45) is 0 Å². The van der Waals surface area contributed by atoms with E-state index in [0.29, 0.717) is 6.54 Å². The molecule has 0 aliphatic rings. The van der Waals surface area contributed by atoms with Gasteiger partial charge in [0.2, 0.25) is 0 Å². The second kappa shape index (κ2) is 3.18. The Bertz CT molecular complexity index is 314. The van der Waals surface area contributed by atoms with E-state index >= 15 is 0 Å². The van der Waals surface area contributed by atoms with Crippen LogP contribution in [0.5, 0.6) is 0 Å². The monoisotopic (exact) mass is 154 g/mol. The molecule has 0 spiro atoms. The smallest absolute Gasteiger partial charge is 0.255 e. The van der Waals surface area contributed by atoms with Gasteiger partial charge in [0, 0.05) is 0 Å². The molecule has 0 saturated carbocycles. The van der Waals surface area contributed by atoms with Crippen molar-refractivity contribution in [3.8, 4) is 11.8 Å². The van der Waals surface area contributed by atoms with E-state index in [1.54, 1.807) is 6.92 Å². The Morgan fingerprint density at radius 3 is 3.20 bits per heavy atom. The van der Waals surface area contributed by atoms with E-state index in [1.165, 1.54) is 10.2 Å². The number of aromatic nitrogens is 2. The van der Waals surface area contributed by atoms with Crippen LogP contribution in [0.15, 0.2) is 10.3 Å². The Kier molecular flexibility index (Phi) is 2.24. The Morgan fingerprint density at radius 2 is 2.70 bits per heavy atom. The van der Waals surface area contributed by atoms with Gasteiger partial charge in [-0.05, 0) is 6.92 Å². The Labute approximate surface area is 62.3 Å². The Morgan fingerprint density at radius 1 is 1.90 bits per heavy atom. The summed E-state index contributed by atoms with van der Waals surface area (Å²) in [7, 11) is 0. The summed E-state index contributed by atoms with van der Waals surface area (Å²) < 4.78 is 1.33. The minimum Gasteiger partial charge on any atom is -0.255 e. The lowest BCUT2D eigenvalue weighted by molar-refractivity contribution is 0.693. The van der Waals surface area contributed by atoms with Crippen LogP contribution in [0.3, 0.4) is 0 Å². The second-order valence-electron chi connectivity index (χ2n) is 1.59. The van der Waals surface area contributed by atoms with Crippen molar-refractivity contribution in [2.75, 3.05) is 0 Å². The molecule has 0 radical (unpaired) electrons. The standard InChI is InChI=1S/C6H6N2OS/c1-2-3-4-8-6(9)10-5-7-8/h5H,4H2,1H3. The highest BCUT2D eigenvalue weighted by Crippen LogP contribution is 1.80. The van der Waals surface area contributed by atoms with E-state index in [2.05, 4.69) is 16.9 Å². The van der Waals surface area contributed by atoms with E-state index in [4.69, 9.17) is 0 Å². The molecule has 0 aliphatic carbocycles. The molecule has 0 N–H and O–H groups in total. The van der Waals surface area contributed by atoms with E-state index in [1.807, 2.05) is 0 Å². The quantitative estimate of drug-likeness (QED) is 0.546. The van der Waals surface area contributed by atoms with Gasteiger partial charge in [0.25, 0.3) is 0 Å². The lowest BCUT2D eigenvalue weighted by atomic mass is 10.6. The molecule has 0 unspecified atom stereocenters. The molecule has 1 aromatic heterocycles. The van der Waals surface area contributed by atoms with Crippen molar-refractivity contribution in [2.45, 2.75) is 13.5 Å². The number of nitrogens with zero attached hydrogens (tertiary/aromatic N) is 2. The predicted molar refractivity (Wildman–Crippen MR) is 39.8 cm³/mol. The first kappa shape index (κ1) is 7.03. The fraction of sp³-hybridized carbons (Fsp3) is 0.333. The molecule has 10 heavy (non-hydrogen) atoms. The molecule has 0 amide bonds. The summed E-state index contributed by atoms with van der Waals surface area (Å²) in [6, 6.07) is 0. The summed E-state index contributed by atoms with van der Waals surface area (Å²) in [6.07, 6.45) is 0. The van der Waals surface area contributed by atoms with Crippen molar-refractivity contribution < 1.29 is 0 Å². The minimum absolute atomic E-state index is 0.0530. The third kappa shape index (κ3) is 1.45. The molecule has 4 heteroatoms. The SMILES string of the molecule is CC#CCn1ncsc1=O. The van der Waals surface area contributed by atoms with Gasteiger partial charge in [-0.3, -0.25) is 4.79 Å². The number of rotatable bonds is 1. The van der Waals surface area contributed by atoms with Crippen molar-refractivity contribution >= 4 is 11.3 Å². The van der Waals surface area contributed by atoms with Crippen molar-refractivity contribution in [3.63, 3.8) is 0 Å². The third-order valence-electron chi connectivity index (χ3n) is 0.956. The molecule has 0 fully saturated rings. The summed E-state index contributed by atoms with van der Waals surface area (Å²) in [6.45, 7) is 2.14. The van der Waals surface area contributed by atoms with Crippen LogP contribution in [0.4, 0.5) is 0 Å². The van der Waals surface area contributed by atoms with E-state index < -0.39 is 0 Å².